The molecule has 1 aromatic heterocycles. The van der Waals surface area contributed by atoms with Crippen molar-refractivity contribution in [1.29, 1.82) is 0 Å². The molecule has 0 saturated carbocycles. The van der Waals surface area contributed by atoms with Crippen LogP contribution in [0.25, 0.3) is 0 Å². The van der Waals surface area contributed by atoms with Gasteiger partial charge in [-0.3, -0.25) is 0 Å². The first kappa shape index (κ1) is 16.7. The van der Waals surface area contributed by atoms with Gasteiger partial charge in [-0.1, -0.05) is 20.3 Å². The standard InChI is InChI=1S/C15H28N4O/c1-5-7-9-19(10-11-20)15-12(3)14(16-4)17-13(18-15)8-6-2/h20H,5-11H2,1-4H3,(H,16,17,18). The van der Waals surface area contributed by atoms with Crippen LogP contribution in [0.4, 0.5) is 11.6 Å². The van der Waals surface area contributed by atoms with Crippen LogP contribution in [-0.4, -0.2) is 41.8 Å². The van der Waals surface area contributed by atoms with E-state index in [1.807, 2.05) is 14.0 Å². The van der Waals surface area contributed by atoms with Gasteiger partial charge in [0.05, 0.1) is 6.61 Å². The fourth-order valence-electron chi connectivity index (χ4n) is 2.23. The Kier molecular flexibility index (Phi) is 7.30. The highest BCUT2D eigenvalue weighted by atomic mass is 16.3. The molecule has 1 rings (SSSR count). The molecule has 0 atom stereocenters. The number of rotatable bonds is 9. The van der Waals surface area contributed by atoms with Crippen molar-refractivity contribution in [2.24, 2.45) is 0 Å². The molecule has 20 heavy (non-hydrogen) atoms. The lowest BCUT2D eigenvalue weighted by atomic mass is 10.2. The first-order chi connectivity index (χ1) is 9.67. The zero-order valence-corrected chi connectivity index (χ0v) is 13.2. The topological polar surface area (TPSA) is 61.3 Å². The maximum Gasteiger partial charge on any atom is 0.137 e. The Hall–Kier alpha value is -1.36. The minimum Gasteiger partial charge on any atom is -0.395 e. The van der Waals surface area contributed by atoms with Crippen molar-refractivity contribution < 1.29 is 5.11 Å². The lowest BCUT2D eigenvalue weighted by Gasteiger charge is -2.25. The first-order valence-electron chi connectivity index (χ1n) is 7.58. The van der Waals surface area contributed by atoms with Crippen molar-refractivity contribution in [2.75, 3.05) is 37.0 Å². The number of aliphatic hydroxyl groups excluding tert-OH is 1. The van der Waals surface area contributed by atoms with E-state index < -0.39 is 0 Å². The minimum atomic E-state index is 0.144. The summed E-state index contributed by atoms with van der Waals surface area (Å²) in [6, 6.07) is 0. The predicted molar refractivity (Wildman–Crippen MR) is 84.5 cm³/mol. The Morgan fingerprint density at radius 3 is 2.45 bits per heavy atom. The third-order valence-electron chi connectivity index (χ3n) is 3.33. The molecular weight excluding hydrogens is 252 g/mol. The van der Waals surface area contributed by atoms with Gasteiger partial charge in [0.15, 0.2) is 0 Å². The smallest absolute Gasteiger partial charge is 0.137 e. The van der Waals surface area contributed by atoms with E-state index in [1.165, 1.54) is 0 Å². The Morgan fingerprint density at radius 2 is 1.90 bits per heavy atom. The molecule has 0 bridgehead atoms. The molecule has 1 aromatic rings. The van der Waals surface area contributed by atoms with Crippen molar-refractivity contribution in [3.8, 4) is 0 Å². The van der Waals surface area contributed by atoms with E-state index in [0.717, 1.165) is 55.3 Å². The maximum absolute atomic E-state index is 9.29. The van der Waals surface area contributed by atoms with Gasteiger partial charge < -0.3 is 15.3 Å². The fourth-order valence-corrected chi connectivity index (χ4v) is 2.23. The van der Waals surface area contributed by atoms with Crippen LogP contribution < -0.4 is 10.2 Å². The molecule has 0 spiro atoms. The third kappa shape index (κ3) is 4.34. The lowest BCUT2D eigenvalue weighted by molar-refractivity contribution is 0.301. The second-order valence-electron chi connectivity index (χ2n) is 5.00. The van der Waals surface area contributed by atoms with Gasteiger partial charge in [0.1, 0.15) is 17.5 Å². The van der Waals surface area contributed by atoms with Crippen LogP contribution in [0.3, 0.4) is 0 Å². The number of nitrogens with one attached hydrogen (secondary N) is 1. The van der Waals surface area contributed by atoms with Crippen molar-refractivity contribution in [3.05, 3.63) is 11.4 Å². The van der Waals surface area contributed by atoms with Crippen molar-refractivity contribution in [3.63, 3.8) is 0 Å². The molecule has 1 heterocycles. The monoisotopic (exact) mass is 280 g/mol. The molecule has 0 aliphatic rings. The summed E-state index contributed by atoms with van der Waals surface area (Å²) >= 11 is 0. The summed E-state index contributed by atoms with van der Waals surface area (Å²) in [5, 5.41) is 12.4. The van der Waals surface area contributed by atoms with Gasteiger partial charge in [-0.05, 0) is 19.8 Å². The van der Waals surface area contributed by atoms with Gasteiger partial charge in [-0.25, -0.2) is 9.97 Å². The van der Waals surface area contributed by atoms with Crippen LogP contribution in [0, 0.1) is 6.92 Å². The highest BCUT2D eigenvalue weighted by Crippen LogP contribution is 2.24. The Bertz CT molecular complexity index is 409. The summed E-state index contributed by atoms with van der Waals surface area (Å²) in [6.45, 7) is 8.02. The van der Waals surface area contributed by atoms with Crippen LogP contribution in [0.2, 0.25) is 0 Å². The van der Waals surface area contributed by atoms with Crippen LogP contribution in [0.15, 0.2) is 0 Å². The molecule has 0 aliphatic carbocycles. The molecule has 0 radical (unpaired) electrons. The second-order valence-corrected chi connectivity index (χ2v) is 5.00. The quantitative estimate of drug-likeness (QED) is 0.727. The van der Waals surface area contributed by atoms with E-state index >= 15 is 0 Å². The number of hydrogen-bond donors (Lipinski definition) is 2. The van der Waals surface area contributed by atoms with E-state index in [-0.39, 0.29) is 6.61 Å². The zero-order chi connectivity index (χ0) is 15.0. The number of unbranched alkanes of at least 4 members (excludes halogenated alkanes) is 1. The number of nitrogens with zero attached hydrogens (tertiary/aromatic N) is 3. The predicted octanol–water partition coefficient (Wildman–Crippen LogP) is 2.38. The molecule has 0 fully saturated rings. The fraction of sp³-hybridized carbons (Fsp3) is 0.733. The van der Waals surface area contributed by atoms with Gasteiger partial charge in [0, 0.05) is 32.1 Å². The molecule has 0 unspecified atom stereocenters. The molecule has 0 saturated heterocycles. The lowest BCUT2D eigenvalue weighted by Crippen LogP contribution is -2.30. The molecule has 0 amide bonds. The molecule has 0 aliphatic heterocycles. The first-order valence-corrected chi connectivity index (χ1v) is 7.58. The largest absolute Gasteiger partial charge is 0.395 e. The van der Waals surface area contributed by atoms with Crippen molar-refractivity contribution in [2.45, 2.75) is 46.5 Å². The van der Waals surface area contributed by atoms with Crippen molar-refractivity contribution in [1.82, 2.24) is 9.97 Å². The Morgan fingerprint density at radius 1 is 1.15 bits per heavy atom. The summed E-state index contributed by atoms with van der Waals surface area (Å²) in [6.07, 6.45) is 4.14. The zero-order valence-electron chi connectivity index (χ0n) is 13.2. The highest BCUT2D eigenvalue weighted by molar-refractivity contribution is 5.58. The second kappa shape index (κ2) is 8.74. The molecular formula is C15H28N4O. The van der Waals surface area contributed by atoms with E-state index in [9.17, 15) is 5.11 Å². The summed E-state index contributed by atoms with van der Waals surface area (Å²) in [5.41, 5.74) is 1.05. The maximum atomic E-state index is 9.29. The Balaban J connectivity index is 3.12. The number of hydrogen-bond acceptors (Lipinski definition) is 5. The van der Waals surface area contributed by atoms with Crippen LogP contribution in [-0.2, 0) is 6.42 Å². The van der Waals surface area contributed by atoms with Gasteiger partial charge in [0.2, 0.25) is 0 Å². The van der Waals surface area contributed by atoms with E-state index in [4.69, 9.17) is 4.98 Å². The van der Waals surface area contributed by atoms with Gasteiger partial charge in [-0.2, -0.15) is 0 Å². The van der Waals surface area contributed by atoms with Crippen LogP contribution in [0.1, 0.15) is 44.5 Å². The highest BCUT2D eigenvalue weighted by Gasteiger charge is 2.15. The van der Waals surface area contributed by atoms with E-state index in [1.54, 1.807) is 0 Å². The summed E-state index contributed by atoms with van der Waals surface area (Å²) in [4.78, 5) is 11.4. The Labute approximate surface area is 122 Å². The van der Waals surface area contributed by atoms with Gasteiger partial charge >= 0.3 is 0 Å². The van der Waals surface area contributed by atoms with Crippen LogP contribution in [0.5, 0.6) is 0 Å². The number of aryl methyl sites for hydroxylation is 1. The van der Waals surface area contributed by atoms with Crippen molar-refractivity contribution >= 4 is 11.6 Å². The normalized spacial score (nSPS) is 10.7. The van der Waals surface area contributed by atoms with Crippen LogP contribution >= 0.6 is 0 Å². The third-order valence-corrected chi connectivity index (χ3v) is 3.33. The van der Waals surface area contributed by atoms with Gasteiger partial charge in [0.25, 0.3) is 0 Å². The summed E-state index contributed by atoms with van der Waals surface area (Å²) in [7, 11) is 1.89. The molecule has 0 aromatic carbocycles. The average molecular weight is 280 g/mol. The molecule has 2 N–H and O–H groups in total. The molecule has 114 valence electrons. The molecule has 5 nitrogen and oxygen atoms in total. The SMILES string of the molecule is CCCCN(CCO)c1nc(CCC)nc(NC)c1C. The number of anilines is 2. The van der Waals surface area contributed by atoms with E-state index in [0.29, 0.717) is 6.54 Å². The van der Waals surface area contributed by atoms with E-state index in [2.05, 4.69) is 29.0 Å². The number of aromatic nitrogens is 2. The van der Waals surface area contributed by atoms with Gasteiger partial charge in [-0.15, -0.1) is 0 Å². The summed E-state index contributed by atoms with van der Waals surface area (Å²) in [5.74, 6) is 2.71. The molecule has 5 heteroatoms. The summed E-state index contributed by atoms with van der Waals surface area (Å²) < 4.78 is 0. The number of aliphatic hydroxyl groups is 1. The average Bonchev–Trinajstić information content (AvgIpc) is 2.45. The minimum absolute atomic E-state index is 0.144.